The first kappa shape index (κ1) is 14.6. The van der Waals surface area contributed by atoms with Crippen LogP contribution in [0.2, 0.25) is 0 Å². The van der Waals surface area contributed by atoms with Gasteiger partial charge in [0.05, 0.1) is 0 Å². The minimum Gasteiger partial charge on any atom is -0.508 e. The van der Waals surface area contributed by atoms with E-state index in [0.29, 0.717) is 12.0 Å². The molecule has 2 atom stereocenters. The van der Waals surface area contributed by atoms with Gasteiger partial charge >= 0.3 is 0 Å². The molecule has 20 heavy (non-hydrogen) atoms. The number of hydrogen-bond donors (Lipinski definition) is 3. The normalized spacial score (nSPS) is 21.6. The number of phenolic OH excluding ortho intramolecular Hbond substituents is 2. The maximum atomic E-state index is 9.89. The molecule has 108 valence electrons. The molecule has 0 aromatic heterocycles. The van der Waals surface area contributed by atoms with Crippen LogP contribution < -0.4 is 0 Å². The Hall–Kier alpha value is -1.78. The second-order valence-electron chi connectivity index (χ2n) is 5.21. The van der Waals surface area contributed by atoms with Gasteiger partial charge in [-0.2, -0.15) is 0 Å². The Bertz CT molecular complexity index is 541. The summed E-state index contributed by atoms with van der Waals surface area (Å²) >= 11 is 0. The molecule has 4 nitrogen and oxygen atoms in total. The monoisotopic (exact) mass is 276 g/mol. The van der Waals surface area contributed by atoms with Crippen LogP contribution in [0.4, 0.5) is 0 Å². The number of rotatable bonds is 4. The van der Waals surface area contributed by atoms with E-state index in [1.165, 1.54) is 23.8 Å². The van der Waals surface area contributed by atoms with Gasteiger partial charge < -0.3 is 20.1 Å². The second-order valence-corrected chi connectivity index (χ2v) is 5.21. The molecule has 2 rings (SSSR count). The molecule has 0 radical (unpaired) electrons. The number of hydrogen-bond acceptors (Lipinski definition) is 4. The molecule has 0 spiro atoms. The molecule has 1 aromatic carbocycles. The van der Waals surface area contributed by atoms with E-state index >= 15 is 0 Å². The second kappa shape index (κ2) is 6.11. The molecule has 4 heteroatoms. The van der Waals surface area contributed by atoms with Crippen LogP contribution in [0.3, 0.4) is 0 Å². The lowest BCUT2D eigenvalue weighted by atomic mass is 10.0. The molecule has 1 aromatic rings. The topological polar surface area (TPSA) is 69.9 Å². The van der Waals surface area contributed by atoms with Crippen molar-refractivity contribution < 1.29 is 20.1 Å². The summed E-state index contributed by atoms with van der Waals surface area (Å²) in [6, 6.07) is 4.27. The third-order valence-corrected chi connectivity index (χ3v) is 3.26. The number of ether oxygens (including phenoxy) is 1. The van der Waals surface area contributed by atoms with Gasteiger partial charge in [0.1, 0.15) is 17.6 Å². The summed E-state index contributed by atoms with van der Waals surface area (Å²) in [5.74, 6) is 0.101. The quantitative estimate of drug-likeness (QED) is 0.583. The van der Waals surface area contributed by atoms with Crippen molar-refractivity contribution in [2.45, 2.75) is 39.1 Å². The zero-order valence-corrected chi connectivity index (χ0v) is 11.7. The lowest BCUT2D eigenvalue weighted by Gasteiger charge is -2.13. The van der Waals surface area contributed by atoms with Crippen molar-refractivity contribution in [1.29, 1.82) is 0 Å². The standard InChI is InChI=1S/C16H20O4/c1-10(2)4-3-5-11-8-15(20-16(11)19)13-9-12(17)6-7-14(13)18/h4,6-9,15-19H,3,5H2,1-2H3/t15-,16?/m0/s1. The van der Waals surface area contributed by atoms with Crippen molar-refractivity contribution in [2.75, 3.05) is 0 Å². The zero-order valence-electron chi connectivity index (χ0n) is 11.7. The van der Waals surface area contributed by atoms with Crippen LogP contribution >= 0.6 is 0 Å². The molecule has 0 bridgehead atoms. The van der Waals surface area contributed by atoms with Gasteiger partial charge in [-0.25, -0.2) is 0 Å². The fraction of sp³-hybridized carbons (Fsp3) is 0.375. The van der Waals surface area contributed by atoms with E-state index in [4.69, 9.17) is 4.74 Å². The Labute approximate surface area is 118 Å². The maximum absolute atomic E-state index is 9.89. The minimum atomic E-state index is -0.952. The van der Waals surface area contributed by atoms with E-state index < -0.39 is 12.4 Å². The number of aliphatic hydroxyl groups excluding tert-OH is 1. The van der Waals surface area contributed by atoms with Crippen molar-refractivity contribution in [1.82, 2.24) is 0 Å². The fourth-order valence-electron chi connectivity index (χ4n) is 2.21. The summed E-state index contributed by atoms with van der Waals surface area (Å²) < 4.78 is 5.42. The summed E-state index contributed by atoms with van der Waals surface area (Å²) in [6.07, 6.45) is 3.98. The molecule has 0 saturated heterocycles. The lowest BCUT2D eigenvalue weighted by Crippen LogP contribution is -2.09. The Morgan fingerprint density at radius 1 is 1.30 bits per heavy atom. The van der Waals surface area contributed by atoms with Crippen molar-refractivity contribution in [2.24, 2.45) is 0 Å². The van der Waals surface area contributed by atoms with E-state index in [1.807, 2.05) is 13.8 Å². The molecular formula is C16H20O4. The van der Waals surface area contributed by atoms with Crippen LogP contribution in [0.25, 0.3) is 0 Å². The summed E-state index contributed by atoms with van der Waals surface area (Å²) in [5.41, 5.74) is 2.50. The fourth-order valence-corrected chi connectivity index (χ4v) is 2.21. The predicted octanol–water partition coefficient (Wildman–Crippen LogP) is 3.16. The minimum absolute atomic E-state index is 0.0433. The van der Waals surface area contributed by atoms with Gasteiger partial charge in [0.2, 0.25) is 0 Å². The maximum Gasteiger partial charge on any atom is 0.178 e. The van der Waals surface area contributed by atoms with E-state index in [0.717, 1.165) is 12.0 Å². The molecule has 0 fully saturated rings. The highest BCUT2D eigenvalue weighted by Gasteiger charge is 2.27. The van der Waals surface area contributed by atoms with E-state index in [2.05, 4.69) is 6.08 Å². The van der Waals surface area contributed by atoms with Crippen molar-refractivity contribution in [3.63, 3.8) is 0 Å². The largest absolute Gasteiger partial charge is 0.508 e. The Morgan fingerprint density at radius 2 is 2.05 bits per heavy atom. The molecule has 0 saturated carbocycles. The van der Waals surface area contributed by atoms with E-state index in [9.17, 15) is 15.3 Å². The highest BCUT2D eigenvalue weighted by molar-refractivity contribution is 5.42. The third-order valence-electron chi connectivity index (χ3n) is 3.26. The number of benzene rings is 1. The molecule has 1 heterocycles. The van der Waals surface area contributed by atoms with Crippen LogP contribution in [0, 0.1) is 0 Å². The first-order valence-corrected chi connectivity index (χ1v) is 6.66. The number of aromatic hydroxyl groups is 2. The summed E-state index contributed by atoms with van der Waals surface area (Å²) in [5, 5.41) is 29.2. The van der Waals surface area contributed by atoms with E-state index in [-0.39, 0.29) is 11.5 Å². The molecule has 1 unspecified atom stereocenters. The number of allylic oxidation sites excluding steroid dienone is 2. The number of phenols is 2. The number of aliphatic hydroxyl groups is 1. The molecule has 1 aliphatic heterocycles. The smallest absolute Gasteiger partial charge is 0.178 e. The molecule has 3 N–H and O–H groups in total. The van der Waals surface area contributed by atoms with Gasteiger partial charge in [0, 0.05) is 5.56 Å². The van der Waals surface area contributed by atoms with E-state index in [1.54, 1.807) is 6.08 Å². The Balaban J connectivity index is 2.13. The lowest BCUT2D eigenvalue weighted by molar-refractivity contribution is -0.0821. The van der Waals surface area contributed by atoms with Gasteiger partial charge in [0.25, 0.3) is 0 Å². The average Bonchev–Trinajstić information content (AvgIpc) is 2.73. The summed E-state index contributed by atoms with van der Waals surface area (Å²) in [7, 11) is 0. The summed E-state index contributed by atoms with van der Waals surface area (Å²) in [6.45, 7) is 4.06. The van der Waals surface area contributed by atoms with Crippen molar-refractivity contribution in [3.8, 4) is 11.5 Å². The van der Waals surface area contributed by atoms with Crippen LogP contribution in [0.15, 0.2) is 41.5 Å². The first-order chi connectivity index (χ1) is 9.47. The predicted molar refractivity (Wildman–Crippen MR) is 76.4 cm³/mol. The summed E-state index contributed by atoms with van der Waals surface area (Å²) in [4.78, 5) is 0. The van der Waals surface area contributed by atoms with Gasteiger partial charge in [-0.15, -0.1) is 0 Å². The molecule has 0 amide bonds. The van der Waals surface area contributed by atoms with Crippen LogP contribution in [-0.2, 0) is 4.74 Å². The van der Waals surface area contributed by atoms with Gasteiger partial charge in [-0.3, -0.25) is 0 Å². The van der Waals surface area contributed by atoms with Crippen LogP contribution in [0.5, 0.6) is 11.5 Å². The molecule has 1 aliphatic rings. The zero-order chi connectivity index (χ0) is 14.7. The van der Waals surface area contributed by atoms with Crippen LogP contribution in [0.1, 0.15) is 38.4 Å². The van der Waals surface area contributed by atoms with Gasteiger partial charge in [-0.1, -0.05) is 11.6 Å². The van der Waals surface area contributed by atoms with Crippen molar-refractivity contribution >= 4 is 0 Å². The van der Waals surface area contributed by atoms with Crippen LogP contribution in [-0.4, -0.2) is 21.6 Å². The third kappa shape index (κ3) is 3.40. The van der Waals surface area contributed by atoms with Crippen molar-refractivity contribution in [3.05, 3.63) is 47.1 Å². The molecular weight excluding hydrogens is 256 g/mol. The highest BCUT2D eigenvalue weighted by atomic mass is 16.6. The first-order valence-electron chi connectivity index (χ1n) is 6.66. The average molecular weight is 276 g/mol. The highest BCUT2D eigenvalue weighted by Crippen LogP contribution is 2.37. The Kier molecular flexibility index (Phi) is 4.47. The Morgan fingerprint density at radius 3 is 2.75 bits per heavy atom. The molecule has 0 aliphatic carbocycles. The van der Waals surface area contributed by atoms with Gasteiger partial charge in [0.15, 0.2) is 6.29 Å². The van der Waals surface area contributed by atoms with Gasteiger partial charge in [-0.05, 0) is 56.5 Å². The SMILES string of the molecule is CC(C)=CCCC1=C[C@@H](c2cc(O)ccc2O)OC1O.